The van der Waals surface area contributed by atoms with Crippen molar-refractivity contribution in [2.75, 3.05) is 23.5 Å². The Morgan fingerprint density at radius 3 is 1.98 bits per heavy atom. The summed E-state index contributed by atoms with van der Waals surface area (Å²) < 4.78 is 6.17. The molecular weight excluding hydrogens is 594 g/mol. The van der Waals surface area contributed by atoms with E-state index in [1.165, 1.54) is 31.4 Å². The molecule has 19 nitrogen and oxygen atoms in total. The fraction of sp³-hybridized carbons (Fsp3) is 0.280. The summed E-state index contributed by atoms with van der Waals surface area (Å²) >= 11 is 0. The van der Waals surface area contributed by atoms with Crippen molar-refractivity contribution in [2.24, 2.45) is 5.73 Å². The second-order valence-electron chi connectivity index (χ2n) is 9.98. The molecule has 0 radical (unpaired) electrons. The second kappa shape index (κ2) is 9.67. The van der Waals surface area contributed by atoms with Gasteiger partial charge in [0, 0.05) is 12.1 Å². The van der Waals surface area contributed by atoms with E-state index in [4.69, 9.17) is 10.5 Å². The molecule has 3 amide bonds. The number of nitrogens with two attached hydrogens (primary N) is 1. The number of rotatable bonds is 5. The van der Waals surface area contributed by atoms with Crippen LogP contribution in [0, 0.1) is 0 Å². The molecule has 1 fully saturated rings. The summed E-state index contributed by atoms with van der Waals surface area (Å²) in [5, 5.41) is 108. The largest absolute Gasteiger partial charge is 0.503 e. The summed E-state index contributed by atoms with van der Waals surface area (Å²) in [5.41, 5.74) is 2.83. The molecule has 2 aliphatic rings. The van der Waals surface area contributed by atoms with Crippen LogP contribution >= 0.6 is 0 Å². The van der Waals surface area contributed by atoms with E-state index in [1.807, 2.05) is 0 Å². The molecule has 12 N–H and O–H groups in total. The number of aromatic hydroxyl groups is 4. The maximum absolute atomic E-state index is 13.8. The number of hydrogen-bond acceptors (Lipinski definition) is 15. The molecule has 0 unspecified atom stereocenters. The Hall–Kier alpha value is -5.18. The van der Waals surface area contributed by atoms with Crippen LogP contribution in [-0.4, -0.2) is 110 Å². The molecule has 44 heavy (non-hydrogen) atoms. The predicted molar refractivity (Wildman–Crippen MR) is 141 cm³/mol. The van der Waals surface area contributed by atoms with Gasteiger partial charge in [-0.2, -0.15) is 5.10 Å². The number of nitrogens with zero attached hydrogens (tertiary/aromatic N) is 4. The number of fused-ring (bicyclic) bond motifs is 1. The summed E-state index contributed by atoms with van der Waals surface area (Å²) in [6.07, 6.45) is -1.80. The molecule has 0 atom stereocenters. The highest BCUT2D eigenvalue weighted by molar-refractivity contribution is 6.12. The van der Waals surface area contributed by atoms with E-state index in [1.54, 1.807) is 0 Å². The summed E-state index contributed by atoms with van der Waals surface area (Å²) in [4.78, 5) is 38.8. The minimum absolute atomic E-state index is 0.0987. The van der Waals surface area contributed by atoms with Crippen molar-refractivity contribution in [1.82, 2.24) is 9.78 Å². The van der Waals surface area contributed by atoms with E-state index in [0.717, 1.165) is 4.68 Å². The van der Waals surface area contributed by atoms with E-state index in [2.05, 4.69) is 5.10 Å². The van der Waals surface area contributed by atoms with Gasteiger partial charge in [-0.15, -0.1) is 0 Å². The maximum atomic E-state index is 13.8. The Morgan fingerprint density at radius 2 is 1.45 bits per heavy atom. The van der Waals surface area contributed by atoms with Gasteiger partial charge in [0.25, 0.3) is 17.6 Å². The molecule has 1 aromatic heterocycles. The molecule has 0 aliphatic carbocycles. The average molecular weight is 619 g/mol. The summed E-state index contributed by atoms with van der Waals surface area (Å²) in [5.74, 6) is -21.9. The smallest absolute Gasteiger partial charge is 0.316 e. The van der Waals surface area contributed by atoms with Crippen molar-refractivity contribution in [3.8, 4) is 34.4 Å². The van der Waals surface area contributed by atoms with Crippen LogP contribution in [0.3, 0.4) is 0 Å². The van der Waals surface area contributed by atoms with Crippen molar-refractivity contribution < 1.29 is 70.2 Å². The van der Waals surface area contributed by atoms with E-state index in [9.17, 15) is 65.4 Å². The van der Waals surface area contributed by atoms with Gasteiger partial charge in [-0.3, -0.25) is 19.3 Å². The van der Waals surface area contributed by atoms with Gasteiger partial charge in [0.1, 0.15) is 22.8 Å². The summed E-state index contributed by atoms with van der Waals surface area (Å²) in [6, 6.07) is 6.04. The van der Waals surface area contributed by atoms with E-state index in [-0.39, 0.29) is 29.1 Å². The first-order valence-corrected chi connectivity index (χ1v) is 12.4. The Balaban J connectivity index is 1.65. The number of carbonyl (C=O) groups excluding carboxylic acids is 3. The van der Waals surface area contributed by atoms with Crippen LogP contribution in [-0.2, 0) is 11.2 Å². The number of phenols is 4. The Kier molecular flexibility index (Phi) is 6.65. The first-order valence-electron chi connectivity index (χ1n) is 12.4. The number of primary amides is 1. The first-order chi connectivity index (χ1) is 20.4. The molecule has 3 heterocycles. The van der Waals surface area contributed by atoms with Crippen molar-refractivity contribution in [3.05, 3.63) is 41.2 Å². The van der Waals surface area contributed by atoms with Crippen LogP contribution in [0.5, 0.6) is 28.7 Å². The monoisotopic (exact) mass is 619 g/mol. The van der Waals surface area contributed by atoms with Gasteiger partial charge in [0.15, 0.2) is 28.7 Å². The summed E-state index contributed by atoms with van der Waals surface area (Å²) in [7, 11) is 1.42. The predicted octanol–water partition coefficient (Wildman–Crippen LogP) is -3.26. The van der Waals surface area contributed by atoms with Crippen molar-refractivity contribution in [3.63, 3.8) is 0 Å². The molecule has 5 rings (SSSR count). The number of phenolic OH excluding ortho intramolecular Hbond substituents is 4. The van der Waals surface area contributed by atoms with Gasteiger partial charge < -0.3 is 61.5 Å². The fourth-order valence-corrected chi connectivity index (χ4v) is 5.11. The molecule has 3 aromatic rings. The van der Waals surface area contributed by atoms with Gasteiger partial charge in [-0.25, -0.2) is 9.58 Å². The number of benzene rings is 2. The molecule has 234 valence electrons. The van der Waals surface area contributed by atoms with E-state index in [0.29, 0.717) is 10.6 Å². The van der Waals surface area contributed by atoms with Crippen LogP contribution in [0.1, 0.15) is 33.0 Å². The highest BCUT2D eigenvalue weighted by atomic mass is 16.7. The minimum atomic E-state index is -4.40. The molecule has 1 saturated heterocycles. The fourth-order valence-electron chi connectivity index (χ4n) is 5.11. The lowest BCUT2D eigenvalue weighted by Gasteiger charge is -2.51. The normalized spacial score (nSPS) is 18.7. The second-order valence-corrected chi connectivity index (χ2v) is 9.98. The SMILES string of the molecule is COc1ccc(-n2nc(C(N)=O)c3c2C(=O)N(c2c(O)c(O)c(N4C(=O)CC(O)(O)C(O)(O)C4(O)O)c(O)c2O)CC3)cc1. The highest BCUT2D eigenvalue weighted by Gasteiger charge is 2.71. The van der Waals surface area contributed by atoms with Crippen LogP contribution < -0.4 is 20.3 Å². The standard InChI is InChI=1S/C25H25N5O14/c1-44-10-4-2-9(3-5-10)30-14-11(13(27-30)21(26)36)6-7-28(22(14)37)15-17(32)19(34)16(20(35)18(15)33)29-12(31)8-23(38,39)24(40,41)25(29,42)43/h2-5,32-35,38-43H,6-8H2,1H3,(H2,26,36). The zero-order valence-electron chi connectivity index (χ0n) is 22.4. The number of hydrogen-bond donors (Lipinski definition) is 11. The lowest BCUT2D eigenvalue weighted by atomic mass is 9.91. The molecule has 2 aromatic carbocycles. The Labute approximate surface area is 244 Å². The third-order valence-corrected chi connectivity index (χ3v) is 7.39. The van der Waals surface area contributed by atoms with Gasteiger partial charge >= 0.3 is 5.91 Å². The van der Waals surface area contributed by atoms with Crippen LogP contribution in [0.2, 0.25) is 0 Å². The molecule has 0 bridgehead atoms. The number of ether oxygens (including phenoxy) is 1. The molecule has 0 spiro atoms. The third kappa shape index (κ3) is 3.99. The first kappa shape index (κ1) is 30.3. The number of methoxy groups -OCH3 is 1. The molecule has 2 aliphatic heterocycles. The maximum Gasteiger partial charge on any atom is 0.316 e. The van der Waals surface area contributed by atoms with Crippen LogP contribution in [0.25, 0.3) is 5.69 Å². The Bertz CT molecular complexity index is 1700. The Morgan fingerprint density at radius 1 is 0.909 bits per heavy atom. The zero-order valence-corrected chi connectivity index (χ0v) is 22.4. The quantitative estimate of drug-likeness (QED) is 0.0758. The lowest BCUT2D eigenvalue weighted by molar-refractivity contribution is -0.455. The molecule has 0 saturated carbocycles. The van der Waals surface area contributed by atoms with Gasteiger partial charge in [0.05, 0.1) is 19.2 Å². The molecular formula is C25H25N5O14. The number of anilines is 2. The number of carbonyl (C=O) groups is 3. The zero-order chi connectivity index (χ0) is 32.7. The van der Waals surface area contributed by atoms with Crippen molar-refractivity contribution >= 4 is 29.1 Å². The van der Waals surface area contributed by atoms with Crippen molar-refractivity contribution in [2.45, 2.75) is 30.3 Å². The lowest BCUT2D eigenvalue weighted by Crippen LogP contribution is -2.79. The minimum Gasteiger partial charge on any atom is -0.503 e. The van der Waals surface area contributed by atoms with Gasteiger partial charge in [-0.05, 0) is 30.7 Å². The number of aliphatic hydroxyl groups is 6. The van der Waals surface area contributed by atoms with Crippen molar-refractivity contribution in [1.29, 1.82) is 0 Å². The van der Waals surface area contributed by atoms with Gasteiger partial charge in [0.2, 0.25) is 11.7 Å². The topological polar surface area (TPSA) is 313 Å². The molecule has 19 heteroatoms. The highest BCUT2D eigenvalue weighted by Crippen LogP contribution is 2.58. The van der Waals surface area contributed by atoms with E-state index >= 15 is 0 Å². The van der Waals surface area contributed by atoms with E-state index < -0.39 is 87.4 Å². The number of piperidine rings is 1. The average Bonchev–Trinajstić information content (AvgIpc) is 3.35. The van der Waals surface area contributed by atoms with Crippen LogP contribution in [0.15, 0.2) is 24.3 Å². The van der Waals surface area contributed by atoms with Gasteiger partial charge in [-0.1, -0.05) is 0 Å². The van der Waals surface area contributed by atoms with Crippen LogP contribution in [0.4, 0.5) is 11.4 Å². The number of aromatic nitrogens is 2. The summed E-state index contributed by atoms with van der Waals surface area (Å²) in [6.45, 7) is -0.416. The number of amides is 3. The third-order valence-electron chi connectivity index (χ3n) is 7.39.